The van der Waals surface area contributed by atoms with Crippen molar-refractivity contribution in [3.63, 3.8) is 0 Å². The Morgan fingerprint density at radius 3 is 2.48 bits per heavy atom. The molecule has 1 aliphatic rings. The van der Waals surface area contributed by atoms with Gasteiger partial charge in [0, 0.05) is 11.4 Å². The summed E-state index contributed by atoms with van der Waals surface area (Å²) < 4.78 is 37.3. The molecule has 0 radical (unpaired) electrons. The van der Waals surface area contributed by atoms with Crippen molar-refractivity contribution in [3.8, 4) is 5.75 Å². The average molecular weight is 383 g/mol. The molecule has 0 aromatic heterocycles. The molecule has 1 saturated heterocycles. The Morgan fingerprint density at radius 2 is 1.92 bits per heavy atom. The van der Waals surface area contributed by atoms with E-state index < -0.39 is 16.1 Å². The molecule has 1 amide bonds. The molecule has 0 atom stereocenters. The van der Waals surface area contributed by atoms with Crippen LogP contribution in [0.2, 0.25) is 5.02 Å². The van der Waals surface area contributed by atoms with E-state index in [-0.39, 0.29) is 9.92 Å². The summed E-state index contributed by atoms with van der Waals surface area (Å²) in [7, 11) is -2.35. The second-order valence-electron chi connectivity index (χ2n) is 5.21. The largest absolute Gasteiger partial charge is 0.495 e. The third-order valence-corrected chi connectivity index (χ3v) is 5.30. The highest BCUT2D eigenvalue weighted by Crippen LogP contribution is 2.28. The molecule has 3 rings (SSSR count). The lowest BCUT2D eigenvalue weighted by molar-refractivity contribution is 0.181. The maximum atomic E-state index is 12.5. The minimum Gasteiger partial charge on any atom is -0.495 e. The van der Waals surface area contributed by atoms with E-state index in [1.165, 1.54) is 30.2 Å². The Balaban J connectivity index is 1.79. The van der Waals surface area contributed by atoms with Crippen LogP contribution in [0.4, 0.5) is 16.2 Å². The number of hydrogen-bond acceptors (Lipinski definition) is 5. The van der Waals surface area contributed by atoms with E-state index in [1.54, 1.807) is 24.3 Å². The molecular formula is C16H15ClN2O5S. The Bertz CT molecular complexity index is 899. The summed E-state index contributed by atoms with van der Waals surface area (Å²) in [5.41, 5.74) is 1.00. The van der Waals surface area contributed by atoms with Crippen LogP contribution in [0.3, 0.4) is 0 Å². The lowest BCUT2D eigenvalue weighted by Gasteiger charge is -2.14. The number of sulfonamides is 1. The molecule has 1 N–H and O–H groups in total. The van der Waals surface area contributed by atoms with Crippen LogP contribution in [0, 0.1) is 0 Å². The number of cyclic esters (lactones) is 1. The number of anilines is 2. The molecule has 0 unspecified atom stereocenters. The summed E-state index contributed by atoms with van der Waals surface area (Å²) in [6.07, 6.45) is -0.416. The van der Waals surface area contributed by atoms with Crippen LogP contribution < -0.4 is 14.4 Å². The summed E-state index contributed by atoms with van der Waals surface area (Å²) in [6, 6.07) is 10.6. The number of carbonyl (C=O) groups is 1. The van der Waals surface area contributed by atoms with Gasteiger partial charge in [-0.25, -0.2) is 13.2 Å². The molecule has 1 heterocycles. The lowest BCUT2D eigenvalue weighted by Crippen LogP contribution is -2.23. The molecule has 0 spiro atoms. The first kappa shape index (κ1) is 17.4. The van der Waals surface area contributed by atoms with Gasteiger partial charge in [-0.15, -0.1) is 0 Å². The highest BCUT2D eigenvalue weighted by Gasteiger charge is 2.23. The standard InChI is InChI=1S/C16H15ClN2O5S/c1-23-15-7-6-13(10-14(15)17)25(21,22)18-11-2-4-12(5-3-11)19-8-9-24-16(19)20/h2-7,10,18H,8-9H2,1H3. The molecule has 1 aliphatic heterocycles. The Morgan fingerprint density at radius 1 is 1.20 bits per heavy atom. The average Bonchev–Trinajstić information content (AvgIpc) is 3.01. The summed E-state index contributed by atoms with van der Waals surface area (Å²) in [5, 5.41) is 0.202. The normalized spacial score (nSPS) is 14.3. The van der Waals surface area contributed by atoms with Gasteiger partial charge in [-0.2, -0.15) is 0 Å². The van der Waals surface area contributed by atoms with E-state index in [9.17, 15) is 13.2 Å². The molecule has 7 nitrogen and oxygen atoms in total. The van der Waals surface area contributed by atoms with Gasteiger partial charge in [-0.1, -0.05) is 11.6 Å². The number of amides is 1. The minimum absolute atomic E-state index is 0.0190. The second kappa shape index (κ2) is 6.81. The van der Waals surface area contributed by atoms with Gasteiger partial charge in [-0.3, -0.25) is 9.62 Å². The monoisotopic (exact) mass is 382 g/mol. The van der Waals surface area contributed by atoms with Crippen LogP contribution >= 0.6 is 11.6 Å². The summed E-state index contributed by atoms with van der Waals surface area (Å²) in [6.45, 7) is 0.805. The Kier molecular flexibility index (Phi) is 4.73. The fourth-order valence-electron chi connectivity index (χ4n) is 2.37. The van der Waals surface area contributed by atoms with Crippen LogP contribution in [0.5, 0.6) is 5.75 Å². The number of halogens is 1. The van der Waals surface area contributed by atoms with E-state index in [4.69, 9.17) is 21.1 Å². The first-order valence-corrected chi connectivity index (χ1v) is 9.17. The lowest BCUT2D eigenvalue weighted by atomic mass is 10.2. The number of benzene rings is 2. The van der Waals surface area contributed by atoms with Gasteiger partial charge < -0.3 is 9.47 Å². The third kappa shape index (κ3) is 3.64. The van der Waals surface area contributed by atoms with E-state index in [1.807, 2.05) is 0 Å². The van der Waals surface area contributed by atoms with Crippen LogP contribution in [0.25, 0.3) is 0 Å². The van der Waals surface area contributed by atoms with Gasteiger partial charge in [0.2, 0.25) is 0 Å². The van der Waals surface area contributed by atoms with Crippen molar-refractivity contribution in [2.75, 3.05) is 29.9 Å². The zero-order valence-electron chi connectivity index (χ0n) is 13.2. The quantitative estimate of drug-likeness (QED) is 0.858. The maximum absolute atomic E-state index is 12.5. The van der Waals surface area contributed by atoms with Crippen molar-refractivity contribution in [1.29, 1.82) is 0 Å². The molecule has 9 heteroatoms. The predicted octanol–water partition coefficient (Wildman–Crippen LogP) is 3.11. The molecule has 0 aliphatic carbocycles. The van der Waals surface area contributed by atoms with Gasteiger partial charge in [0.25, 0.3) is 10.0 Å². The van der Waals surface area contributed by atoms with Crippen molar-refractivity contribution in [3.05, 3.63) is 47.5 Å². The fourth-order valence-corrected chi connectivity index (χ4v) is 3.77. The number of hydrogen-bond donors (Lipinski definition) is 1. The number of methoxy groups -OCH3 is 1. The maximum Gasteiger partial charge on any atom is 0.414 e. The number of rotatable bonds is 5. The molecule has 2 aromatic rings. The highest BCUT2D eigenvalue weighted by atomic mass is 35.5. The number of carbonyl (C=O) groups excluding carboxylic acids is 1. The molecule has 132 valence electrons. The van der Waals surface area contributed by atoms with E-state index in [2.05, 4.69) is 4.72 Å². The minimum atomic E-state index is -3.80. The fraction of sp³-hybridized carbons (Fsp3) is 0.188. The van der Waals surface area contributed by atoms with Crippen LogP contribution in [0.1, 0.15) is 0 Å². The summed E-state index contributed by atoms with van der Waals surface area (Å²) >= 11 is 5.98. The van der Waals surface area contributed by atoms with Crippen molar-refractivity contribution in [2.45, 2.75) is 4.90 Å². The molecule has 25 heavy (non-hydrogen) atoms. The SMILES string of the molecule is COc1ccc(S(=O)(=O)Nc2ccc(N3CCOC3=O)cc2)cc1Cl. The smallest absolute Gasteiger partial charge is 0.414 e. The van der Waals surface area contributed by atoms with Crippen molar-refractivity contribution in [1.82, 2.24) is 0 Å². The zero-order valence-corrected chi connectivity index (χ0v) is 14.8. The van der Waals surface area contributed by atoms with Crippen molar-refractivity contribution in [2.24, 2.45) is 0 Å². The van der Waals surface area contributed by atoms with E-state index >= 15 is 0 Å². The first-order chi connectivity index (χ1) is 11.9. The van der Waals surface area contributed by atoms with Crippen LogP contribution in [-0.2, 0) is 14.8 Å². The zero-order chi connectivity index (χ0) is 18.0. The predicted molar refractivity (Wildman–Crippen MR) is 93.9 cm³/mol. The molecule has 0 bridgehead atoms. The van der Waals surface area contributed by atoms with Gasteiger partial charge in [0.05, 0.1) is 23.6 Å². The summed E-state index contributed by atoms with van der Waals surface area (Å²) in [4.78, 5) is 13.0. The van der Waals surface area contributed by atoms with Gasteiger partial charge in [0.15, 0.2) is 0 Å². The highest BCUT2D eigenvalue weighted by molar-refractivity contribution is 7.92. The topological polar surface area (TPSA) is 84.9 Å². The Hall–Kier alpha value is -2.45. The molecular weight excluding hydrogens is 368 g/mol. The molecule has 0 saturated carbocycles. The van der Waals surface area contributed by atoms with E-state index in [0.29, 0.717) is 30.3 Å². The van der Waals surface area contributed by atoms with Crippen LogP contribution in [-0.4, -0.2) is 34.8 Å². The van der Waals surface area contributed by atoms with Crippen molar-refractivity contribution < 1.29 is 22.7 Å². The third-order valence-electron chi connectivity index (χ3n) is 3.63. The second-order valence-corrected chi connectivity index (χ2v) is 7.30. The number of ether oxygens (including phenoxy) is 2. The van der Waals surface area contributed by atoms with Crippen LogP contribution in [0.15, 0.2) is 47.4 Å². The van der Waals surface area contributed by atoms with Gasteiger partial charge in [-0.05, 0) is 42.5 Å². The van der Waals surface area contributed by atoms with Gasteiger partial charge >= 0.3 is 6.09 Å². The Labute approximate surface area is 150 Å². The number of nitrogens with zero attached hydrogens (tertiary/aromatic N) is 1. The number of nitrogens with one attached hydrogen (secondary N) is 1. The molecule has 1 fully saturated rings. The van der Waals surface area contributed by atoms with Gasteiger partial charge in [0.1, 0.15) is 12.4 Å². The van der Waals surface area contributed by atoms with E-state index in [0.717, 1.165) is 0 Å². The first-order valence-electron chi connectivity index (χ1n) is 7.31. The molecule has 2 aromatic carbocycles. The van der Waals surface area contributed by atoms with Crippen molar-refractivity contribution >= 4 is 39.1 Å². The summed E-state index contributed by atoms with van der Waals surface area (Å²) in [5.74, 6) is 0.391.